The van der Waals surface area contributed by atoms with Crippen molar-refractivity contribution >= 4 is 11.9 Å². The summed E-state index contributed by atoms with van der Waals surface area (Å²) in [7, 11) is 0. The lowest BCUT2D eigenvalue weighted by atomic mass is 10.2. The van der Waals surface area contributed by atoms with E-state index in [0.29, 0.717) is 5.69 Å². The van der Waals surface area contributed by atoms with Crippen LogP contribution in [0.4, 0.5) is 18.9 Å². The molecule has 6 heteroatoms. The first kappa shape index (κ1) is 17.8. The molecule has 0 saturated carbocycles. The molecule has 0 aliphatic rings. The summed E-state index contributed by atoms with van der Waals surface area (Å²) in [6.07, 6.45) is -1.66. The van der Waals surface area contributed by atoms with Gasteiger partial charge in [0, 0.05) is 0 Å². The molecule has 0 bridgehead atoms. The number of benzene rings is 2. The minimum atomic E-state index is -4.33. The normalized spacial score (nSPS) is 13.0. The van der Waals surface area contributed by atoms with Crippen LogP contribution in [0.1, 0.15) is 31.4 Å². The number of anilines is 1. The molecule has 2 aromatic carbocycles. The zero-order valence-electron chi connectivity index (χ0n) is 13.5. The largest absolute Gasteiger partial charge is 0.491 e. The van der Waals surface area contributed by atoms with E-state index < -0.39 is 11.7 Å². The van der Waals surface area contributed by atoms with Crippen molar-refractivity contribution in [1.82, 2.24) is 0 Å². The Balaban J connectivity index is 1.92. The van der Waals surface area contributed by atoms with E-state index in [2.05, 4.69) is 17.5 Å². The van der Waals surface area contributed by atoms with E-state index >= 15 is 0 Å². The van der Waals surface area contributed by atoms with E-state index in [1.54, 1.807) is 6.21 Å². The van der Waals surface area contributed by atoms with Gasteiger partial charge in [-0.05, 0) is 67.4 Å². The SMILES string of the molecule is CC[C@@H](C)Oc1ccc(/C=N/Nc2ccc(C(F)(F)F)cc2)cc1. The van der Waals surface area contributed by atoms with Gasteiger partial charge in [-0.2, -0.15) is 18.3 Å². The lowest BCUT2D eigenvalue weighted by Gasteiger charge is -2.12. The Labute approximate surface area is 139 Å². The van der Waals surface area contributed by atoms with Crippen molar-refractivity contribution in [2.24, 2.45) is 5.10 Å². The number of hydrogen-bond acceptors (Lipinski definition) is 3. The van der Waals surface area contributed by atoms with Crippen molar-refractivity contribution in [3.8, 4) is 5.75 Å². The quantitative estimate of drug-likeness (QED) is 0.571. The molecule has 0 fully saturated rings. The van der Waals surface area contributed by atoms with Gasteiger partial charge in [0.05, 0.1) is 23.6 Å². The van der Waals surface area contributed by atoms with Crippen LogP contribution in [0.5, 0.6) is 5.75 Å². The summed E-state index contributed by atoms with van der Waals surface area (Å²) in [5, 5.41) is 4.01. The number of ether oxygens (including phenoxy) is 1. The molecule has 128 valence electrons. The number of halogens is 3. The molecule has 0 unspecified atom stereocenters. The van der Waals surface area contributed by atoms with Gasteiger partial charge in [-0.25, -0.2) is 0 Å². The molecule has 0 aliphatic heterocycles. The smallest absolute Gasteiger partial charge is 0.416 e. The molecule has 3 nitrogen and oxygen atoms in total. The third-order valence-electron chi connectivity index (χ3n) is 3.41. The maximum atomic E-state index is 12.5. The molecule has 0 saturated heterocycles. The highest BCUT2D eigenvalue weighted by molar-refractivity contribution is 5.80. The van der Waals surface area contributed by atoms with E-state index in [1.807, 2.05) is 31.2 Å². The highest BCUT2D eigenvalue weighted by Gasteiger charge is 2.29. The second-order valence-electron chi connectivity index (χ2n) is 5.35. The molecule has 24 heavy (non-hydrogen) atoms. The van der Waals surface area contributed by atoms with E-state index in [1.165, 1.54) is 12.1 Å². The molecule has 0 heterocycles. The summed E-state index contributed by atoms with van der Waals surface area (Å²) in [6.45, 7) is 4.06. The third-order valence-corrected chi connectivity index (χ3v) is 3.41. The first-order valence-corrected chi connectivity index (χ1v) is 7.61. The van der Waals surface area contributed by atoms with Crippen LogP contribution in [0.15, 0.2) is 53.6 Å². The lowest BCUT2D eigenvalue weighted by molar-refractivity contribution is -0.137. The van der Waals surface area contributed by atoms with Crippen molar-refractivity contribution in [2.45, 2.75) is 32.5 Å². The van der Waals surface area contributed by atoms with Gasteiger partial charge >= 0.3 is 6.18 Å². The number of nitrogens with zero attached hydrogens (tertiary/aromatic N) is 1. The minimum Gasteiger partial charge on any atom is -0.491 e. The van der Waals surface area contributed by atoms with Gasteiger partial charge in [-0.1, -0.05) is 6.92 Å². The van der Waals surface area contributed by atoms with Crippen LogP contribution in [0.2, 0.25) is 0 Å². The van der Waals surface area contributed by atoms with Crippen molar-refractivity contribution in [1.29, 1.82) is 0 Å². The van der Waals surface area contributed by atoms with Crippen LogP contribution in [0, 0.1) is 0 Å². The topological polar surface area (TPSA) is 33.6 Å². The predicted octanol–water partition coefficient (Wildman–Crippen LogP) is 5.33. The zero-order chi connectivity index (χ0) is 17.6. The fourth-order valence-electron chi connectivity index (χ4n) is 1.86. The van der Waals surface area contributed by atoms with Gasteiger partial charge < -0.3 is 4.74 Å². The number of rotatable bonds is 6. The van der Waals surface area contributed by atoms with Crippen molar-refractivity contribution in [3.63, 3.8) is 0 Å². The molecule has 0 amide bonds. The summed E-state index contributed by atoms with van der Waals surface area (Å²) in [6, 6.07) is 12.1. The fourth-order valence-corrected chi connectivity index (χ4v) is 1.86. The van der Waals surface area contributed by atoms with Crippen LogP contribution in [-0.4, -0.2) is 12.3 Å². The maximum absolute atomic E-state index is 12.5. The average Bonchev–Trinajstić information content (AvgIpc) is 2.56. The summed E-state index contributed by atoms with van der Waals surface area (Å²) < 4.78 is 43.1. The Hall–Kier alpha value is -2.50. The summed E-state index contributed by atoms with van der Waals surface area (Å²) in [5.74, 6) is 0.789. The molecule has 0 radical (unpaired) electrons. The Morgan fingerprint density at radius 2 is 1.71 bits per heavy atom. The molecule has 2 aromatic rings. The van der Waals surface area contributed by atoms with Crippen LogP contribution in [0.3, 0.4) is 0 Å². The predicted molar refractivity (Wildman–Crippen MR) is 89.5 cm³/mol. The van der Waals surface area contributed by atoms with Crippen LogP contribution < -0.4 is 10.2 Å². The van der Waals surface area contributed by atoms with Crippen molar-refractivity contribution in [2.75, 3.05) is 5.43 Å². The van der Waals surface area contributed by atoms with Crippen LogP contribution >= 0.6 is 0 Å². The van der Waals surface area contributed by atoms with E-state index in [-0.39, 0.29) is 6.10 Å². The Kier molecular flexibility index (Phi) is 5.84. The molecular formula is C18H19F3N2O. The minimum absolute atomic E-state index is 0.158. The highest BCUT2D eigenvalue weighted by atomic mass is 19.4. The molecule has 0 spiro atoms. The molecule has 0 aromatic heterocycles. The van der Waals surface area contributed by atoms with Gasteiger partial charge in [0.2, 0.25) is 0 Å². The molecule has 1 N–H and O–H groups in total. The summed E-state index contributed by atoms with van der Waals surface area (Å²) >= 11 is 0. The van der Waals surface area contributed by atoms with Crippen LogP contribution in [-0.2, 0) is 6.18 Å². The first-order valence-electron chi connectivity index (χ1n) is 7.61. The fraction of sp³-hybridized carbons (Fsp3) is 0.278. The van der Waals surface area contributed by atoms with E-state index in [0.717, 1.165) is 29.9 Å². The Bertz CT molecular complexity index is 664. The standard InChI is InChI=1S/C18H19F3N2O/c1-3-13(2)24-17-10-4-14(5-11-17)12-22-23-16-8-6-15(7-9-16)18(19,20)21/h4-13,23H,3H2,1-2H3/b22-12+/t13-/m1/s1. The van der Waals surface area contributed by atoms with Crippen molar-refractivity contribution < 1.29 is 17.9 Å². The van der Waals surface area contributed by atoms with Gasteiger partial charge in [-0.3, -0.25) is 5.43 Å². The van der Waals surface area contributed by atoms with Crippen LogP contribution in [0.25, 0.3) is 0 Å². The van der Waals surface area contributed by atoms with Gasteiger partial charge in [0.1, 0.15) is 5.75 Å². The highest BCUT2D eigenvalue weighted by Crippen LogP contribution is 2.29. The van der Waals surface area contributed by atoms with Gasteiger partial charge in [0.15, 0.2) is 0 Å². The summed E-state index contributed by atoms with van der Waals surface area (Å²) in [4.78, 5) is 0. The van der Waals surface area contributed by atoms with Gasteiger partial charge in [0.25, 0.3) is 0 Å². The van der Waals surface area contributed by atoms with E-state index in [4.69, 9.17) is 4.74 Å². The number of hydrogen-bond donors (Lipinski definition) is 1. The third kappa shape index (κ3) is 5.30. The lowest BCUT2D eigenvalue weighted by Crippen LogP contribution is -2.09. The Morgan fingerprint density at radius 3 is 2.25 bits per heavy atom. The van der Waals surface area contributed by atoms with Gasteiger partial charge in [-0.15, -0.1) is 0 Å². The first-order chi connectivity index (χ1) is 11.4. The average molecular weight is 336 g/mol. The maximum Gasteiger partial charge on any atom is 0.416 e. The molecule has 0 aliphatic carbocycles. The second kappa shape index (κ2) is 7.86. The number of hydrazone groups is 1. The molecule has 2 rings (SSSR count). The molecule has 1 atom stereocenters. The second-order valence-corrected chi connectivity index (χ2v) is 5.35. The molecular weight excluding hydrogens is 317 g/mol. The Morgan fingerprint density at radius 1 is 1.08 bits per heavy atom. The number of alkyl halides is 3. The zero-order valence-corrected chi connectivity index (χ0v) is 13.5. The summed E-state index contributed by atoms with van der Waals surface area (Å²) in [5.41, 5.74) is 3.35. The van der Waals surface area contributed by atoms with Crippen molar-refractivity contribution in [3.05, 3.63) is 59.7 Å². The van der Waals surface area contributed by atoms with E-state index in [9.17, 15) is 13.2 Å². The number of nitrogens with one attached hydrogen (secondary N) is 1. The monoisotopic (exact) mass is 336 g/mol.